The Morgan fingerprint density at radius 2 is 2.27 bits per heavy atom. The van der Waals surface area contributed by atoms with Gasteiger partial charge in [-0.05, 0) is 34.5 Å². The predicted octanol–water partition coefficient (Wildman–Crippen LogP) is 1.98. The molecular weight excluding hydrogens is 264 g/mol. The number of pyridine rings is 1. The lowest BCUT2D eigenvalue weighted by molar-refractivity contribution is -0.157. The molecule has 1 saturated heterocycles. The van der Waals surface area contributed by atoms with Gasteiger partial charge in [0.1, 0.15) is 4.60 Å². The third-order valence-corrected chi connectivity index (χ3v) is 2.49. The molecule has 0 saturated carbocycles. The fourth-order valence-corrected chi connectivity index (χ4v) is 1.28. The highest BCUT2D eigenvalue weighted by atomic mass is 79.9. The van der Waals surface area contributed by atoms with Crippen molar-refractivity contribution in [3.05, 3.63) is 22.9 Å². The number of carbonyl (C=O) groups is 1. The minimum absolute atomic E-state index is 0.395. The molecular formula is C9H9BrN2O3. The van der Waals surface area contributed by atoms with E-state index in [1.807, 2.05) is 0 Å². The molecule has 0 radical (unpaired) electrons. The Morgan fingerprint density at radius 3 is 2.80 bits per heavy atom. The molecule has 0 spiro atoms. The van der Waals surface area contributed by atoms with Gasteiger partial charge in [0.2, 0.25) is 0 Å². The van der Waals surface area contributed by atoms with Gasteiger partial charge in [-0.15, -0.1) is 0 Å². The number of halogens is 1. The van der Waals surface area contributed by atoms with Gasteiger partial charge in [0, 0.05) is 13.1 Å². The second-order valence-corrected chi connectivity index (χ2v) is 3.90. The zero-order valence-corrected chi connectivity index (χ0v) is 9.44. The van der Waals surface area contributed by atoms with Crippen molar-refractivity contribution in [3.63, 3.8) is 0 Å². The molecule has 0 atom stereocenters. The Labute approximate surface area is 95.1 Å². The quantitative estimate of drug-likeness (QED) is 0.469. The summed E-state index contributed by atoms with van der Waals surface area (Å²) < 4.78 is 0.698. The smallest absolute Gasteiger partial charge is 0.305 e. The van der Waals surface area contributed by atoms with E-state index in [-0.39, 0.29) is 0 Å². The van der Waals surface area contributed by atoms with Crippen LogP contribution in [0.3, 0.4) is 0 Å². The molecule has 0 N–H and O–H groups in total. The summed E-state index contributed by atoms with van der Waals surface area (Å²) >= 11 is 3.19. The van der Waals surface area contributed by atoms with E-state index in [2.05, 4.69) is 25.8 Å². The van der Waals surface area contributed by atoms with Gasteiger partial charge in [0.05, 0.1) is 6.20 Å². The fourth-order valence-electron chi connectivity index (χ4n) is 1.05. The van der Waals surface area contributed by atoms with Crippen LogP contribution in [0.15, 0.2) is 22.9 Å². The first kappa shape index (κ1) is 10.2. The predicted molar refractivity (Wildman–Crippen MR) is 55.2 cm³/mol. The van der Waals surface area contributed by atoms with E-state index in [0.29, 0.717) is 10.4 Å². The van der Waals surface area contributed by atoms with Crippen molar-refractivity contribution < 1.29 is 14.6 Å². The van der Waals surface area contributed by atoms with Gasteiger partial charge in [-0.2, -0.15) is 0 Å². The SMILES string of the molecule is O=C(OOc1ccc(Br)nc1)N1CCC1. The normalized spacial score (nSPS) is 14.3. The fraction of sp³-hybridized carbons (Fsp3) is 0.333. The third-order valence-electron chi connectivity index (χ3n) is 2.02. The van der Waals surface area contributed by atoms with Crippen LogP contribution in [-0.4, -0.2) is 29.1 Å². The molecule has 1 aromatic heterocycles. The van der Waals surface area contributed by atoms with Crippen LogP contribution in [0.1, 0.15) is 6.42 Å². The monoisotopic (exact) mass is 272 g/mol. The Balaban J connectivity index is 1.82. The van der Waals surface area contributed by atoms with Gasteiger partial charge in [-0.25, -0.2) is 14.7 Å². The van der Waals surface area contributed by atoms with E-state index in [1.165, 1.54) is 6.20 Å². The molecule has 15 heavy (non-hydrogen) atoms. The minimum Gasteiger partial charge on any atom is -0.305 e. The second-order valence-electron chi connectivity index (χ2n) is 3.09. The summed E-state index contributed by atoms with van der Waals surface area (Å²) in [5, 5.41) is 0. The van der Waals surface area contributed by atoms with Crippen LogP contribution in [0.4, 0.5) is 4.79 Å². The average molecular weight is 273 g/mol. The number of carbonyl (C=O) groups excluding carboxylic acids is 1. The van der Waals surface area contributed by atoms with Gasteiger partial charge in [-0.1, -0.05) is 0 Å². The summed E-state index contributed by atoms with van der Waals surface area (Å²) in [5.41, 5.74) is 0. The molecule has 0 unspecified atom stereocenters. The van der Waals surface area contributed by atoms with Gasteiger partial charge in [0.25, 0.3) is 0 Å². The summed E-state index contributed by atoms with van der Waals surface area (Å²) in [6.07, 6.45) is 2.03. The molecule has 0 aromatic carbocycles. The van der Waals surface area contributed by atoms with Crippen molar-refractivity contribution in [3.8, 4) is 5.75 Å². The lowest BCUT2D eigenvalue weighted by Gasteiger charge is -2.28. The van der Waals surface area contributed by atoms with Crippen molar-refractivity contribution >= 4 is 22.0 Å². The molecule has 5 nitrogen and oxygen atoms in total. The van der Waals surface area contributed by atoms with Crippen LogP contribution >= 0.6 is 15.9 Å². The highest BCUT2D eigenvalue weighted by Crippen LogP contribution is 2.14. The van der Waals surface area contributed by atoms with Gasteiger partial charge in [-0.3, -0.25) is 4.89 Å². The molecule has 6 heteroatoms. The van der Waals surface area contributed by atoms with Crippen molar-refractivity contribution in [1.82, 2.24) is 9.88 Å². The molecule has 2 heterocycles. The van der Waals surface area contributed by atoms with E-state index < -0.39 is 6.09 Å². The summed E-state index contributed by atoms with van der Waals surface area (Å²) in [7, 11) is 0. The number of hydrogen-bond donors (Lipinski definition) is 0. The lowest BCUT2D eigenvalue weighted by atomic mass is 10.2. The molecule has 1 fully saturated rings. The van der Waals surface area contributed by atoms with Crippen LogP contribution in [0.5, 0.6) is 5.75 Å². The number of rotatable bonds is 2. The largest absolute Gasteiger partial charge is 0.452 e. The topological polar surface area (TPSA) is 51.7 Å². The number of nitrogens with zero attached hydrogens (tertiary/aromatic N) is 2. The Kier molecular flexibility index (Phi) is 3.05. The first-order valence-corrected chi connectivity index (χ1v) is 5.30. The van der Waals surface area contributed by atoms with E-state index in [9.17, 15) is 4.79 Å². The standard InChI is InChI=1S/C9H9BrN2O3/c10-8-3-2-7(6-11-8)14-15-9(13)12-4-1-5-12/h2-3,6H,1,4-5H2. The summed E-state index contributed by atoms with van der Waals surface area (Å²) in [6, 6.07) is 3.35. The van der Waals surface area contributed by atoms with Gasteiger partial charge in [0.15, 0.2) is 5.75 Å². The average Bonchev–Trinajstić information content (AvgIpc) is 2.14. The van der Waals surface area contributed by atoms with Crippen molar-refractivity contribution in [2.75, 3.05) is 13.1 Å². The Morgan fingerprint density at radius 1 is 1.47 bits per heavy atom. The zero-order chi connectivity index (χ0) is 10.7. The Hall–Kier alpha value is -1.30. The molecule has 1 amide bonds. The molecule has 1 aliphatic rings. The molecule has 0 bridgehead atoms. The van der Waals surface area contributed by atoms with Gasteiger partial charge >= 0.3 is 6.09 Å². The first-order chi connectivity index (χ1) is 7.25. The third kappa shape index (κ3) is 2.59. The highest BCUT2D eigenvalue weighted by molar-refractivity contribution is 9.10. The van der Waals surface area contributed by atoms with E-state index in [0.717, 1.165) is 19.5 Å². The highest BCUT2D eigenvalue weighted by Gasteiger charge is 2.22. The molecule has 1 aromatic rings. The van der Waals surface area contributed by atoms with Crippen LogP contribution in [-0.2, 0) is 4.89 Å². The number of aromatic nitrogens is 1. The van der Waals surface area contributed by atoms with Crippen LogP contribution < -0.4 is 4.89 Å². The first-order valence-electron chi connectivity index (χ1n) is 4.51. The summed E-state index contributed by atoms with van der Waals surface area (Å²) in [4.78, 5) is 26.1. The lowest BCUT2D eigenvalue weighted by Crippen LogP contribution is -2.42. The molecule has 80 valence electrons. The van der Waals surface area contributed by atoms with E-state index >= 15 is 0 Å². The number of likely N-dealkylation sites (tertiary alicyclic amines) is 1. The van der Waals surface area contributed by atoms with Crippen LogP contribution in [0.25, 0.3) is 0 Å². The van der Waals surface area contributed by atoms with Crippen molar-refractivity contribution in [2.45, 2.75) is 6.42 Å². The van der Waals surface area contributed by atoms with Crippen LogP contribution in [0, 0.1) is 0 Å². The second kappa shape index (κ2) is 4.48. The number of hydrogen-bond acceptors (Lipinski definition) is 4. The molecule has 1 aliphatic heterocycles. The maximum atomic E-state index is 11.2. The van der Waals surface area contributed by atoms with E-state index in [4.69, 9.17) is 4.89 Å². The van der Waals surface area contributed by atoms with Crippen molar-refractivity contribution in [2.24, 2.45) is 0 Å². The van der Waals surface area contributed by atoms with E-state index in [1.54, 1.807) is 17.0 Å². The summed E-state index contributed by atoms with van der Waals surface area (Å²) in [6.45, 7) is 1.47. The molecule has 2 rings (SSSR count). The zero-order valence-electron chi connectivity index (χ0n) is 7.85. The maximum absolute atomic E-state index is 11.2. The Bertz CT molecular complexity index is 351. The minimum atomic E-state index is -0.454. The summed E-state index contributed by atoms with van der Waals surface area (Å²) in [5.74, 6) is 0.395. The van der Waals surface area contributed by atoms with Gasteiger partial charge < -0.3 is 4.90 Å². The number of amides is 1. The van der Waals surface area contributed by atoms with Crippen molar-refractivity contribution in [1.29, 1.82) is 0 Å². The maximum Gasteiger partial charge on any atom is 0.452 e. The molecule has 0 aliphatic carbocycles. The van der Waals surface area contributed by atoms with Crippen LogP contribution in [0.2, 0.25) is 0 Å².